The SMILES string of the molecule is Cc1cc(S(=O)(=O)Nc2cc(Cl)ncn2)sc1C(=O)O. The van der Waals surface area contributed by atoms with E-state index >= 15 is 0 Å². The van der Waals surface area contributed by atoms with Gasteiger partial charge >= 0.3 is 5.97 Å². The van der Waals surface area contributed by atoms with Crippen LogP contribution in [-0.4, -0.2) is 29.5 Å². The Kier molecular flexibility index (Phi) is 3.93. The van der Waals surface area contributed by atoms with Crippen molar-refractivity contribution in [1.82, 2.24) is 9.97 Å². The molecule has 0 unspecified atom stereocenters. The van der Waals surface area contributed by atoms with Gasteiger partial charge in [-0.15, -0.1) is 11.3 Å². The van der Waals surface area contributed by atoms with E-state index < -0.39 is 16.0 Å². The monoisotopic (exact) mass is 333 g/mol. The number of halogens is 1. The average Bonchev–Trinajstić information content (AvgIpc) is 2.71. The maximum absolute atomic E-state index is 12.1. The Labute approximate surface area is 123 Å². The number of thiophene rings is 1. The van der Waals surface area contributed by atoms with Crippen LogP contribution in [0.5, 0.6) is 0 Å². The molecule has 0 aliphatic carbocycles. The largest absolute Gasteiger partial charge is 0.477 e. The molecule has 0 aliphatic rings. The van der Waals surface area contributed by atoms with Crippen molar-refractivity contribution in [1.29, 1.82) is 0 Å². The van der Waals surface area contributed by atoms with Gasteiger partial charge in [-0.25, -0.2) is 23.2 Å². The molecule has 2 heterocycles. The molecule has 0 saturated carbocycles. The quantitative estimate of drug-likeness (QED) is 0.828. The van der Waals surface area contributed by atoms with Crippen molar-refractivity contribution in [3.05, 3.63) is 34.1 Å². The summed E-state index contributed by atoms with van der Waals surface area (Å²) in [5.41, 5.74) is 0.378. The summed E-state index contributed by atoms with van der Waals surface area (Å²) in [6, 6.07) is 2.54. The molecule has 0 bridgehead atoms. The van der Waals surface area contributed by atoms with E-state index in [1.165, 1.54) is 19.1 Å². The number of hydrogen-bond donors (Lipinski definition) is 2. The van der Waals surface area contributed by atoms with E-state index in [2.05, 4.69) is 14.7 Å². The van der Waals surface area contributed by atoms with Crippen molar-refractivity contribution in [2.75, 3.05) is 4.72 Å². The number of aromatic carboxylic acids is 1. The molecule has 2 N–H and O–H groups in total. The highest BCUT2D eigenvalue weighted by molar-refractivity contribution is 7.94. The third-order valence-corrected chi connectivity index (χ3v) is 5.49. The molecule has 106 valence electrons. The molecule has 10 heteroatoms. The molecule has 2 aromatic rings. The standard InChI is InChI=1S/C10H8ClN3O4S2/c1-5-2-8(19-9(5)10(15)16)20(17,18)14-7-3-6(11)12-4-13-7/h2-4H,1H3,(H,15,16)(H,12,13,14). The summed E-state index contributed by atoms with van der Waals surface area (Å²) in [6.07, 6.45) is 1.11. The molecule has 0 saturated heterocycles. The number of aryl methyl sites for hydroxylation is 1. The highest BCUT2D eigenvalue weighted by Gasteiger charge is 2.22. The summed E-state index contributed by atoms with van der Waals surface area (Å²) < 4.78 is 26.3. The summed E-state index contributed by atoms with van der Waals surface area (Å²) in [4.78, 5) is 18.2. The van der Waals surface area contributed by atoms with Gasteiger partial charge in [0, 0.05) is 6.07 Å². The molecule has 0 radical (unpaired) electrons. The molecule has 20 heavy (non-hydrogen) atoms. The normalized spacial score (nSPS) is 11.3. The summed E-state index contributed by atoms with van der Waals surface area (Å²) in [6.45, 7) is 1.53. The van der Waals surface area contributed by atoms with E-state index in [4.69, 9.17) is 16.7 Å². The van der Waals surface area contributed by atoms with E-state index in [1.807, 2.05) is 0 Å². The summed E-state index contributed by atoms with van der Waals surface area (Å²) in [7, 11) is -3.91. The summed E-state index contributed by atoms with van der Waals surface area (Å²) >= 11 is 6.30. The zero-order chi connectivity index (χ0) is 14.9. The van der Waals surface area contributed by atoms with Gasteiger partial charge in [-0.1, -0.05) is 11.6 Å². The number of anilines is 1. The Morgan fingerprint density at radius 3 is 2.65 bits per heavy atom. The van der Waals surface area contributed by atoms with Crippen molar-refractivity contribution >= 4 is 44.7 Å². The number of sulfonamides is 1. The molecule has 0 aliphatic heterocycles. The smallest absolute Gasteiger partial charge is 0.346 e. The Morgan fingerprint density at radius 2 is 2.10 bits per heavy atom. The first-order chi connectivity index (χ1) is 9.29. The van der Waals surface area contributed by atoms with Crippen LogP contribution in [0.25, 0.3) is 0 Å². The van der Waals surface area contributed by atoms with Gasteiger partial charge in [0.15, 0.2) is 0 Å². The summed E-state index contributed by atoms with van der Waals surface area (Å²) in [5, 5.41) is 9.02. The van der Waals surface area contributed by atoms with E-state index in [1.54, 1.807) is 0 Å². The van der Waals surface area contributed by atoms with Gasteiger partial charge in [0.2, 0.25) is 0 Å². The van der Waals surface area contributed by atoms with E-state index in [9.17, 15) is 13.2 Å². The fraction of sp³-hybridized carbons (Fsp3) is 0.100. The molecule has 7 nitrogen and oxygen atoms in total. The van der Waals surface area contributed by atoms with Crippen molar-refractivity contribution in [2.24, 2.45) is 0 Å². The predicted octanol–water partition coefficient (Wildman–Crippen LogP) is 2.00. The van der Waals surface area contributed by atoms with Crippen LogP contribution >= 0.6 is 22.9 Å². The molecule has 0 fully saturated rings. The number of carboxylic acid groups (broad SMARTS) is 1. The summed E-state index contributed by atoms with van der Waals surface area (Å²) in [5.74, 6) is -1.16. The van der Waals surface area contributed by atoms with Crippen LogP contribution in [0, 0.1) is 6.92 Å². The van der Waals surface area contributed by atoms with Crippen LogP contribution in [0.1, 0.15) is 15.2 Å². The van der Waals surface area contributed by atoms with Gasteiger partial charge in [0.1, 0.15) is 26.4 Å². The minimum Gasteiger partial charge on any atom is -0.477 e. The van der Waals surface area contributed by atoms with Crippen molar-refractivity contribution in [3.63, 3.8) is 0 Å². The van der Waals surface area contributed by atoms with Crippen LogP contribution in [0.2, 0.25) is 5.15 Å². The number of nitrogens with one attached hydrogen (secondary N) is 1. The van der Waals surface area contributed by atoms with Crippen molar-refractivity contribution in [3.8, 4) is 0 Å². The second kappa shape index (κ2) is 5.35. The predicted molar refractivity (Wildman–Crippen MR) is 73.9 cm³/mol. The van der Waals surface area contributed by atoms with Gasteiger partial charge in [-0.2, -0.15) is 0 Å². The maximum atomic E-state index is 12.1. The second-order valence-corrected chi connectivity index (χ2v) is 7.06. The number of hydrogen-bond acceptors (Lipinski definition) is 6. The molecule has 2 rings (SSSR count). The lowest BCUT2D eigenvalue weighted by molar-refractivity contribution is 0.0701. The van der Waals surface area contributed by atoms with Crippen molar-refractivity contribution in [2.45, 2.75) is 11.1 Å². The third kappa shape index (κ3) is 3.06. The maximum Gasteiger partial charge on any atom is 0.346 e. The number of carboxylic acids is 1. The lowest BCUT2D eigenvalue weighted by Gasteiger charge is -2.04. The van der Waals surface area contributed by atoms with E-state index in [-0.39, 0.29) is 20.1 Å². The average molecular weight is 334 g/mol. The molecular formula is C10H8ClN3O4S2. The Morgan fingerprint density at radius 1 is 1.40 bits per heavy atom. The number of nitrogens with zero attached hydrogens (tertiary/aromatic N) is 2. The molecule has 0 aromatic carbocycles. The number of aromatic nitrogens is 2. The topological polar surface area (TPSA) is 109 Å². The molecular weight excluding hydrogens is 326 g/mol. The van der Waals surface area contributed by atoms with Gasteiger partial charge in [0.25, 0.3) is 10.0 Å². The Bertz CT molecular complexity index is 773. The van der Waals surface area contributed by atoms with Crippen molar-refractivity contribution < 1.29 is 18.3 Å². The Balaban J connectivity index is 2.36. The highest BCUT2D eigenvalue weighted by atomic mass is 35.5. The third-order valence-electron chi connectivity index (χ3n) is 2.23. The first kappa shape index (κ1) is 14.7. The minimum atomic E-state index is -3.91. The van der Waals surface area contributed by atoms with Crippen LogP contribution in [0.4, 0.5) is 5.82 Å². The lowest BCUT2D eigenvalue weighted by atomic mass is 10.3. The van der Waals surface area contributed by atoms with Gasteiger partial charge in [0.05, 0.1) is 0 Å². The Hall–Kier alpha value is -1.71. The fourth-order valence-corrected chi connectivity index (χ4v) is 3.90. The lowest BCUT2D eigenvalue weighted by Crippen LogP contribution is -2.12. The van der Waals surface area contributed by atoms with Gasteiger partial charge < -0.3 is 5.11 Å². The van der Waals surface area contributed by atoms with Crippen LogP contribution in [0.15, 0.2) is 22.7 Å². The molecule has 2 aromatic heterocycles. The number of rotatable bonds is 4. The van der Waals surface area contributed by atoms with Crippen LogP contribution < -0.4 is 4.72 Å². The molecule has 0 amide bonds. The second-order valence-electron chi connectivity index (χ2n) is 3.71. The van der Waals surface area contributed by atoms with Crippen LogP contribution in [0.3, 0.4) is 0 Å². The van der Waals surface area contributed by atoms with E-state index in [0.717, 1.165) is 6.33 Å². The van der Waals surface area contributed by atoms with Gasteiger partial charge in [-0.05, 0) is 18.6 Å². The fourth-order valence-electron chi connectivity index (χ4n) is 1.37. The minimum absolute atomic E-state index is 0.00734. The highest BCUT2D eigenvalue weighted by Crippen LogP contribution is 2.27. The van der Waals surface area contributed by atoms with E-state index in [0.29, 0.717) is 16.9 Å². The number of carbonyl (C=O) groups is 1. The zero-order valence-corrected chi connectivity index (χ0v) is 12.4. The molecule has 0 spiro atoms. The van der Waals surface area contributed by atoms with Gasteiger partial charge in [-0.3, -0.25) is 4.72 Å². The van der Waals surface area contributed by atoms with Crippen LogP contribution in [-0.2, 0) is 10.0 Å². The molecule has 0 atom stereocenters. The first-order valence-electron chi connectivity index (χ1n) is 5.13. The first-order valence-corrected chi connectivity index (χ1v) is 7.81. The zero-order valence-electron chi connectivity index (χ0n) is 9.99.